The number of fused-ring (bicyclic) bond motifs is 1. The molecule has 4 N–H and O–H groups in total. The number of aromatic nitrogens is 3. The van der Waals surface area contributed by atoms with Crippen LogP contribution in [0, 0.1) is 12.3 Å². The molecule has 2 aromatic heterocycles. The second-order valence-corrected chi connectivity index (χ2v) is 8.37. The van der Waals surface area contributed by atoms with E-state index in [1.807, 2.05) is 35.9 Å². The summed E-state index contributed by atoms with van der Waals surface area (Å²) in [5.41, 5.74) is 3.66. The predicted molar refractivity (Wildman–Crippen MR) is 120 cm³/mol. The molecular weight excluding hydrogens is 400 g/mol. The number of hydrogen-bond donors (Lipinski definition) is 2. The van der Waals surface area contributed by atoms with Gasteiger partial charge in [-0.2, -0.15) is 4.99 Å². The van der Waals surface area contributed by atoms with Crippen molar-refractivity contribution in [2.45, 2.75) is 39.0 Å². The Balaban J connectivity index is 1.60. The number of thiazole rings is 1. The lowest BCUT2D eigenvalue weighted by molar-refractivity contribution is 0.413. The number of anilines is 2. The van der Waals surface area contributed by atoms with E-state index in [2.05, 4.69) is 15.3 Å². The average molecular weight is 426 g/mol. The van der Waals surface area contributed by atoms with Gasteiger partial charge in [-0.3, -0.25) is 5.41 Å². The van der Waals surface area contributed by atoms with Gasteiger partial charge in [-0.05, 0) is 45.2 Å². The van der Waals surface area contributed by atoms with Crippen LogP contribution in [-0.2, 0) is 6.42 Å². The molecule has 0 saturated carbocycles. The van der Waals surface area contributed by atoms with E-state index in [1.165, 1.54) is 4.88 Å². The van der Waals surface area contributed by atoms with Gasteiger partial charge in [0, 0.05) is 22.8 Å². The second-order valence-electron chi connectivity index (χ2n) is 7.29. The number of ether oxygens (including phenoxy) is 1. The number of aryl methyl sites for hydroxylation is 2. The van der Waals surface area contributed by atoms with Crippen molar-refractivity contribution in [1.82, 2.24) is 14.5 Å². The largest absolute Gasteiger partial charge is 0.581 e. The molecule has 0 fully saturated rings. The molecule has 1 atom stereocenters. The Morgan fingerprint density at radius 1 is 1.43 bits per heavy atom. The molecule has 0 bridgehead atoms. The topological polar surface area (TPSA) is 111 Å². The third kappa shape index (κ3) is 4.06. The summed E-state index contributed by atoms with van der Waals surface area (Å²) >= 11 is 1.62. The maximum Gasteiger partial charge on any atom is 0.341 e. The fraction of sp³-hybridized carbons (Fsp3) is 0.333. The molecule has 9 heteroatoms. The molecule has 0 spiro atoms. The van der Waals surface area contributed by atoms with Gasteiger partial charge in [-0.15, -0.1) is 11.3 Å². The van der Waals surface area contributed by atoms with Crippen molar-refractivity contribution in [2.24, 2.45) is 4.99 Å². The molecule has 1 aromatic carbocycles. The Morgan fingerprint density at radius 2 is 2.27 bits per heavy atom. The monoisotopic (exact) mass is 425 g/mol. The van der Waals surface area contributed by atoms with Gasteiger partial charge in [-0.1, -0.05) is 0 Å². The summed E-state index contributed by atoms with van der Waals surface area (Å²) in [6.07, 6.45) is 6.53. The van der Waals surface area contributed by atoms with Crippen molar-refractivity contribution < 1.29 is 9.84 Å². The minimum absolute atomic E-state index is 0.137. The number of benzene rings is 1. The van der Waals surface area contributed by atoms with Crippen LogP contribution in [0.15, 0.2) is 35.7 Å². The average Bonchev–Trinajstić information content (AvgIpc) is 3.32. The summed E-state index contributed by atoms with van der Waals surface area (Å²) in [5, 5.41) is 20.0. The first-order valence-electron chi connectivity index (χ1n) is 9.75. The van der Waals surface area contributed by atoms with Crippen LogP contribution in [0.1, 0.15) is 41.9 Å². The normalized spacial score (nSPS) is 16.2. The van der Waals surface area contributed by atoms with Crippen molar-refractivity contribution in [3.05, 3.63) is 47.0 Å². The number of methoxy groups -OCH3 is 1. The standard InChI is InChI=1S/C21H24N6O2S/c1-12-10-27(11-23-12)16-8-7-14(9-17(16)29-3)25-21-26-19-15(20(28)24-13(2)22)5-4-6-18(19)30-21/h7-11,15H,4-6H2,1-3H3,(H,25,26)(H2,22,24,28)/p+1. The first-order chi connectivity index (χ1) is 14.4. The Hall–Kier alpha value is -3.20. The van der Waals surface area contributed by atoms with Gasteiger partial charge >= 0.3 is 5.90 Å². The lowest BCUT2D eigenvalue weighted by Gasteiger charge is -2.16. The van der Waals surface area contributed by atoms with E-state index in [0.717, 1.165) is 52.9 Å². The van der Waals surface area contributed by atoms with Crippen LogP contribution in [-0.4, -0.2) is 38.5 Å². The van der Waals surface area contributed by atoms with E-state index >= 15 is 0 Å². The van der Waals surface area contributed by atoms with Gasteiger partial charge in [0.25, 0.3) is 0 Å². The van der Waals surface area contributed by atoms with Crippen LogP contribution in [0.25, 0.3) is 5.69 Å². The van der Waals surface area contributed by atoms with Gasteiger partial charge in [0.15, 0.2) is 5.13 Å². The van der Waals surface area contributed by atoms with Crippen molar-refractivity contribution in [3.8, 4) is 11.4 Å². The Morgan fingerprint density at radius 3 is 2.97 bits per heavy atom. The minimum Gasteiger partial charge on any atom is -0.581 e. The molecule has 3 aromatic rings. The third-order valence-electron chi connectivity index (χ3n) is 4.99. The predicted octanol–water partition coefficient (Wildman–Crippen LogP) is 3.93. The van der Waals surface area contributed by atoms with Crippen LogP contribution < -0.4 is 10.1 Å². The molecule has 0 amide bonds. The zero-order valence-corrected chi connectivity index (χ0v) is 18.0. The molecular formula is C21H25N6O2S+. The van der Waals surface area contributed by atoms with E-state index in [1.54, 1.807) is 31.7 Å². The maximum atomic E-state index is 8.25. The summed E-state index contributed by atoms with van der Waals surface area (Å²) in [4.78, 5) is 14.3. The quantitative estimate of drug-likeness (QED) is 0.366. The Labute approximate surface area is 178 Å². The van der Waals surface area contributed by atoms with E-state index in [-0.39, 0.29) is 17.7 Å². The number of rotatable bonds is 5. The number of nitrogens with one attached hydrogen (secondary N) is 2. The van der Waals surface area contributed by atoms with Crippen molar-refractivity contribution in [3.63, 3.8) is 0 Å². The highest BCUT2D eigenvalue weighted by Crippen LogP contribution is 2.38. The number of aliphatic imine (C=N–C) groups is 1. The first kappa shape index (κ1) is 20.1. The van der Waals surface area contributed by atoms with Crippen molar-refractivity contribution in [2.75, 3.05) is 12.4 Å². The Bertz CT molecular complexity index is 1120. The molecule has 4 rings (SSSR count). The number of nitrogens with zero attached hydrogens (tertiary/aromatic N) is 4. The summed E-state index contributed by atoms with van der Waals surface area (Å²) in [6, 6.07) is 5.92. The van der Waals surface area contributed by atoms with Crippen molar-refractivity contribution >= 4 is 33.9 Å². The number of amidine groups is 1. The fourth-order valence-electron chi connectivity index (χ4n) is 3.64. The molecule has 0 radical (unpaired) electrons. The molecule has 156 valence electrons. The van der Waals surface area contributed by atoms with Crippen LogP contribution in [0.5, 0.6) is 5.75 Å². The maximum absolute atomic E-state index is 8.25. The molecule has 1 aliphatic rings. The van der Waals surface area contributed by atoms with Gasteiger partial charge in [0.05, 0.1) is 30.5 Å². The van der Waals surface area contributed by atoms with E-state index in [0.29, 0.717) is 0 Å². The van der Waals surface area contributed by atoms with Gasteiger partial charge in [-0.25, -0.2) is 9.97 Å². The lowest BCUT2D eigenvalue weighted by Crippen LogP contribution is -2.18. The summed E-state index contributed by atoms with van der Waals surface area (Å²) in [5.74, 6) is 0.976. The lowest BCUT2D eigenvalue weighted by atomic mass is 9.91. The van der Waals surface area contributed by atoms with E-state index in [9.17, 15) is 0 Å². The molecule has 2 heterocycles. The van der Waals surface area contributed by atoms with Crippen molar-refractivity contribution in [1.29, 1.82) is 5.41 Å². The highest BCUT2D eigenvalue weighted by molar-refractivity contribution is 7.15. The fourth-order valence-corrected chi connectivity index (χ4v) is 4.73. The third-order valence-corrected chi connectivity index (χ3v) is 6.04. The van der Waals surface area contributed by atoms with Crippen LogP contribution in [0.2, 0.25) is 0 Å². The number of hydrogen-bond acceptors (Lipinski definition) is 6. The van der Waals surface area contributed by atoms with Gasteiger partial charge < -0.3 is 19.7 Å². The molecule has 0 saturated heterocycles. The molecule has 30 heavy (non-hydrogen) atoms. The van der Waals surface area contributed by atoms with Crippen LogP contribution in [0.3, 0.4) is 0 Å². The number of imidazole rings is 1. The van der Waals surface area contributed by atoms with Crippen LogP contribution in [0.4, 0.5) is 10.8 Å². The highest BCUT2D eigenvalue weighted by Gasteiger charge is 2.32. The highest BCUT2D eigenvalue weighted by atomic mass is 32.1. The first-order valence-corrected chi connectivity index (χ1v) is 10.6. The summed E-state index contributed by atoms with van der Waals surface area (Å²) in [7, 11) is 1.65. The molecule has 0 aliphatic heterocycles. The zero-order valence-electron chi connectivity index (χ0n) is 17.2. The summed E-state index contributed by atoms with van der Waals surface area (Å²) < 4.78 is 7.52. The Kier molecular flexibility index (Phi) is 5.54. The zero-order chi connectivity index (χ0) is 21.3. The molecule has 1 aliphatic carbocycles. The summed E-state index contributed by atoms with van der Waals surface area (Å²) in [6.45, 7) is 3.54. The van der Waals surface area contributed by atoms with Gasteiger partial charge in [0.2, 0.25) is 0 Å². The smallest absolute Gasteiger partial charge is 0.341 e. The SMILES string of the molecule is COc1cc(Nc2nc3c(s2)CCCC3C([OH2+])=NC(C)=N)ccc1-n1cnc(C)c1. The van der Waals surface area contributed by atoms with E-state index in [4.69, 9.17) is 20.2 Å². The minimum atomic E-state index is -0.137. The molecule has 1 unspecified atom stereocenters. The molecule has 8 nitrogen and oxygen atoms in total. The second kappa shape index (κ2) is 8.27. The van der Waals surface area contributed by atoms with E-state index < -0.39 is 0 Å². The van der Waals surface area contributed by atoms with Gasteiger partial charge in [0.1, 0.15) is 17.5 Å². The van der Waals surface area contributed by atoms with Crippen LogP contribution >= 0.6 is 11.3 Å².